The van der Waals surface area contributed by atoms with Gasteiger partial charge in [0.15, 0.2) is 0 Å². The van der Waals surface area contributed by atoms with Gasteiger partial charge >= 0.3 is 6.01 Å². The summed E-state index contributed by atoms with van der Waals surface area (Å²) in [4.78, 5) is 21.0. The van der Waals surface area contributed by atoms with Crippen LogP contribution in [-0.2, 0) is 0 Å². The van der Waals surface area contributed by atoms with Crippen LogP contribution < -0.4 is 14.8 Å². The van der Waals surface area contributed by atoms with Crippen LogP contribution in [-0.4, -0.2) is 47.8 Å². The van der Waals surface area contributed by atoms with Gasteiger partial charge in [-0.1, -0.05) is 31.2 Å². The number of nitrogens with one attached hydrogen (secondary N) is 1. The maximum Gasteiger partial charge on any atom is 0.319 e. The normalized spacial score (nSPS) is 17.1. The van der Waals surface area contributed by atoms with Crippen LogP contribution in [0.15, 0.2) is 30.5 Å². The molecule has 3 rings (SSSR count). The number of amides is 1. The summed E-state index contributed by atoms with van der Waals surface area (Å²) in [6, 6.07) is 7.21. The van der Waals surface area contributed by atoms with Gasteiger partial charge in [0.25, 0.3) is 5.91 Å². The molecule has 1 fully saturated rings. The van der Waals surface area contributed by atoms with Gasteiger partial charge in [0.05, 0.1) is 17.2 Å². The quantitative estimate of drug-likeness (QED) is 0.339. The fourth-order valence-electron chi connectivity index (χ4n) is 3.47. The Morgan fingerprint density at radius 1 is 1.29 bits per heavy atom. The Morgan fingerprint density at radius 3 is 2.68 bits per heavy atom. The molecule has 1 aliphatic carbocycles. The monoisotopic (exact) mass is 513 g/mol. The Kier molecular flexibility index (Phi) is 8.48. The van der Waals surface area contributed by atoms with Crippen molar-refractivity contribution in [2.24, 2.45) is 5.92 Å². The van der Waals surface area contributed by atoms with Crippen molar-refractivity contribution in [3.63, 3.8) is 0 Å². The number of halogens is 3. The van der Waals surface area contributed by atoms with Crippen molar-refractivity contribution in [3.8, 4) is 17.6 Å². The second-order valence-electron chi connectivity index (χ2n) is 9.69. The summed E-state index contributed by atoms with van der Waals surface area (Å²) in [5.74, 6) is -3.25. The molecule has 2 aromatic rings. The molecule has 1 unspecified atom stereocenters. The summed E-state index contributed by atoms with van der Waals surface area (Å²) in [6.45, 7) is 7.26. The number of nitrogens with zero attached hydrogens (tertiary/aromatic N) is 2. The van der Waals surface area contributed by atoms with E-state index in [4.69, 9.17) is 21.1 Å². The van der Waals surface area contributed by atoms with Crippen molar-refractivity contribution >= 4 is 25.6 Å². The van der Waals surface area contributed by atoms with Crippen LogP contribution >= 0.6 is 11.6 Å². The fourth-order valence-corrected chi connectivity index (χ4v) is 4.39. The van der Waals surface area contributed by atoms with Crippen molar-refractivity contribution in [1.82, 2.24) is 15.3 Å². The Labute approximate surface area is 203 Å². The van der Waals surface area contributed by atoms with Gasteiger partial charge in [-0.05, 0) is 37.1 Å². The zero-order chi connectivity index (χ0) is 24.9. The predicted octanol–water partition coefficient (Wildman–Crippen LogP) is 5.51. The van der Waals surface area contributed by atoms with Crippen molar-refractivity contribution in [2.75, 3.05) is 6.61 Å². The van der Waals surface area contributed by atoms with Gasteiger partial charge in [0, 0.05) is 39.1 Å². The minimum Gasteiger partial charge on any atom is -0.464 e. The van der Waals surface area contributed by atoms with E-state index in [0.29, 0.717) is 12.4 Å². The average molecular weight is 514 g/mol. The molecule has 1 heterocycles. The molecule has 11 heteroatoms. The van der Waals surface area contributed by atoms with Gasteiger partial charge < -0.3 is 19.9 Å². The first kappa shape index (κ1) is 26.3. The number of benzene rings is 1. The molecule has 1 aromatic carbocycles. The third-order valence-corrected chi connectivity index (χ3v) is 7.62. The van der Waals surface area contributed by atoms with Gasteiger partial charge in [-0.25, -0.2) is 13.8 Å². The molecule has 2 N–H and O–H groups in total. The molecule has 1 aliphatic rings. The number of carbonyl (C=O) groups excluding carboxylic acids is 1. The zero-order valence-corrected chi connectivity index (χ0v) is 21.2. The number of alkyl halides is 2. The first-order valence-corrected chi connectivity index (χ1v) is 15.3. The number of ether oxygens (including phenoxy) is 2. The molecule has 1 aromatic heterocycles. The first-order chi connectivity index (χ1) is 15.9. The average Bonchev–Trinajstić information content (AvgIpc) is 2.74. The van der Waals surface area contributed by atoms with Crippen LogP contribution in [0.5, 0.6) is 17.6 Å². The number of hydrogen-bond donors (Lipinski definition) is 2. The summed E-state index contributed by atoms with van der Waals surface area (Å²) in [7, 11) is -1.25. The molecule has 7 nitrogen and oxygen atoms in total. The SMILES string of the molecule is C[Si](C)(C)CCOc1nccc(Oc2ccc(Cl)c(C(=O)NC(O)C3CCC(F)(F)CC3)c2)n1. The molecular weight excluding hydrogens is 484 g/mol. The smallest absolute Gasteiger partial charge is 0.319 e. The van der Waals surface area contributed by atoms with E-state index in [-0.39, 0.29) is 48.2 Å². The number of hydrogen-bond acceptors (Lipinski definition) is 6. The van der Waals surface area contributed by atoms with Gasteiger partial charge in [-0.15, -0.1) is 0 Å². The molecule has 0 bridgehead atoms. The van der Waals surface area contributed by atoms with Crippen LogP contribution in [0.3, 0.4) is 0 Å². The van der Waals surface area contributed by atoms with Crippen LogP contribution in [0.25, 0.3) is 0 Å². The van der Waals surface area contributed by atoms with E-state index in [1.54, 1.807) is 12.1 Å². The summed E-state index contributed by atoms with van der Waals surface area (Å²) < 4.78 is 38.1. The minimum atomic E-state index is -2.71. The largest absolute Gasteiger partial charge is 0.464 e. The van der Waals surface area contributed by atoms with Crippen molar-refractivity contribution in [3.05, 3.63) is 41.0 Å². The Balaban J connectivity index is 1.62. The Bertz CT molecular complexity index is 996. The van der Waals surface area contributed by atoms with E-state index in [1.807, 2.05) is 0 Å². The summed E-state index contributed by atoms with van der Waals surface area (Å²) in [5.41, 5.74) is 0.0834. The van der Waals surface area contributed by atoms with Crippen molar-refractivity contribution < 1.29 is 28.2 Å². The molecule has 0 saturated heterocycles. The van der Waals surface area contributed by atoms with Crippen molar-refractivity contribution in [1.29, 1.82) is 0 Å². The lowest BCUT2D eigenvalue weighted by atomic mass is 9.85. The van der Waals surface area contributed by atoms with Crippen molar-refractivity contribution in [2.45, 2.75) is 63.5 Å². The van der Waals surface area contributed by atoms with Gasteiger partial charge in [-0.3, -0.25) is 4.79 Å². The van der Waals surface area contributed by atoms with E-state index in [1.165, 1.54) is 18.3 Å². The van der Waals surface area contributed by atoms with Gasteiger partial charge in [-0.2, -0.15) is 4.98 Å². The van der Waals surface area contributed by atoms with Gasteiger partial charge in [0.1, 0.15) is 12.0 Å². The molecule has 0 radical (unpaired) electrons. The van der Waals surface area contributed by atoms with Crippen LogP contribution in [0.1, 0.15) is 36.0 Å². The standard InChI is InChI=1S/C23H30ClF2N3O4Si/c1-34(2,3)13-12-32-22-27-11-8-19(28-22)33-16-4-5-18(24)17(14-16)21(31)29-20(30)15-6-9-23(25,26)10-7-15/h4-5,8,11,14-15,20,30H,6-7,9-10,12-13H2,1-3H3,(H,29,31). The van der Waals surface area contributed by atoms with Gasteiger partial charge in [0.2, 0.25) is 11.8 Å². The molecule has 34 heavy (non-hydrogen) atoms. The number of aliphatic hydroxyl groups is 1. The molecule has 0 spiro atoms. The number of rotatable bonds is 9. The topological polar surface area (TPSA) is 93.6 Å². The fraction of sp³-hybridized carbons (Fsp3) is 0.522. The third kappa shape index (κ3) is 7.88. The first-order valence-electron chi connectivity index (χ1n) is 11.2. The van der Waals surface area contributed by atoms with E-state index in [9.17, 15) is 18.7 Å². The van der Waals surface area contributed by atoms with E-state index in [2.05, 4.69) is 34.9 Å². The minimum absolute atomic E-state index is 0.0834. The molecule has 1 saturated carbocycles. The number of aliphatic hydroxyl groups excluding tert-OH is 1. The van der Waals surface area contributed by atoms with E-state index >= 15 is 0 Å². The second-order valence-corrected chi connectivity index (χ2v) is 15.7. The second kappa shape index (κ2) is 11.0. The maximum atomic E-state index is 13.4. The Hall–Kier alpha value is -2.30. The number of carbonyl (C=O) groups is 1. The maximum absolute atomic E-state index is 13.4. The molecule has 1 atom stereocenters. The number of aromatic nitrogens is 2. The highest BCUT2D eigenvalue weighted by atomic mass is 35.5. The highest BCUT2D eigenvalue weighted by Crippen LogP contribution is 2.37. The molecule has 0 aliphatic heterocycles. The van der Waals surface area contributed by atoms with E-state index in [0.717, 1.165) is 6.04 Å². The highest BCUT2D eigenvalue weighted by molar-refractivity contribution is 6.76. The van der Waals surface area contributed by atoms with Crippen LogP contribution in [0.2, 0.25) is 30.7 Å². The zero-order valence-electron chi connectivity index (χ0n) is 19.5. The van der Waals surface area contributed by atoms with Crippen LogP contribution in [0.4, 0.5) is 8.78 Å². The lowest BCUT2D eigenvalue weighted by Crippen LogP contribution is -2.42. The lowest BCUT2D eigenvalue weighted by Gasteiger charge is -2.31. The van der Waals surface area contributed by atoms with E-state index < -0.39 is 32.0 Å². The van der Waals surface area contributed by atoms with Crippen LogP contribution in [0, 0.1) is 5.92 Å². The summed E-state index contributed by atoms with van der Waals surface area (Å²) in [6.07, 6.45) is -0.0979. The summed E-state index contributed by atoms with van der Waals surface area (Å²) >= 11 is 6.18. The summed E-state index contributed by atoms with van der Waals surface area (Å²) in [5, 5.41) is 13.0. The Morgan fingerprint density at radius 2 is 2.00 bits per heavy atom. The molecule has 1 amide bonds. The highest BCUT2D eigenvalue weighted by Gasteiger charge is 2.37. The third-order valence-electron chi connectivity index (χ3n) is 5.58. The molecular formula is C23H30ClF2N3O4Si. The predicted molar refractivity (Wildman–Crippen MR) is 128 cm³/mol. The lowest BCUT2D eigenvalue weighted by molar-refractivity contribution is -0.0650. The molecule has 186 valence electrons.